The minimum absolute atomic E-state index is 0.201. The summed E-state index contributed by atoms with van der Waals surface area (Å²) >= 11 is 0. The van der Waals surface area contributed by atoms with Gasteiger partial charge in [0.05, 0.1) is 0 Å². The number of carbonyl (C=O) groups is 2. The van der Waals surface area contributed by atoms with Crippen LogP contribution in [0.15, 0.2) is 48.5 Å². The van der Waals surface area contributed by atoms with E-state index in [1.807, 2.05) is 42.5 Å². The summed E-state index contributed by atoms with van der Waals surface area (Å²) in [5, 5.41) is 8.87. The van der Waals surface area contributed by atoms with Crippen LogP contribution in [0.3, 0.4) is 0 Å². The van der Waals surface area contributed by atoms with Crippen molar-refractivity contribution in [2.75, 3.05) is 0 Å². The lowest BCUT2D eigenvalue weighted by Gasteiger charge is -2.24. The van der Waals surface area contributed by atoms with Crippen LogP contribution in [0.1, 0.15) is 40.4 Å². The molecule has 0 fully saturated rings. The molecule has 126 valence electrons. The molecule has 0 aliphatic carbocycles. The van der Waals surface area contributed by atoms with Gasteiger partial charge in [-0.15, -0.1) is 0 Å². The predicted molar refractivity (Wildman–Crippen MR) is 92.7 cm³/mol. The summed E-state index contributed by atoms with van der Waals surface area (Å²) < 4.78 is 0. The largest absolute Gasteiger partial charge is 0.322 e. The van der Waals surface area contributed by atoms with Crippen molar-refractivity contribution >= 4 is 11.8 Å². The first-order valence-electron chi connectivity index (χ1n) is 8.09. The molecule has 0 aromatic heterocycles. The molecule has 1 aliphatic rings. The zero-order chi connectivity index (χ0) is 17.8. The molecule has 0 bridgehead atoms. The predicted octanol–water partition coefficient (Wildman–Crippen LogP) is 2.33. The van der Waals surface area contributed by atoms with Crippen molar-refractivity contribution in [3.8, 4) is 11.8 Å². The molecule has 1 aliphatic heterocycles. The van der Waals surface area contributed by atoms with Gasteiger partial charge >= 0.3 is 0 Å². The highest BCUT2D eigenvalue weighted by Gasteiger charge is 2.35. The van der Waals surface area contributed by atoms with E-state index in [-0.39, 0.29) is 5.91 Å². The Kier molecular flexibility index (Phi) is 4.82. The summed E-state index contributed by atoms with van der Waals surface area (Å²) in [4.78, 5) is 25.8. The second-order valence-electron chi connectivity index (χ2n) is 5.82. The van der Waals surface area contributed by atoms with Crippen LogP contribution in [0.4, 0.5) is 0 Å². The fourth-order valence-electron chi connectivity index (χ4n) is 2.96. The van der Waals surface area contributed by atoms with Crippen molar-refractivity contribution in [3.63, 3.8) is 0 Å². The topological polar surface area (TPSA) is 69.6 Å². The van der Waals surface area contributed by atoms with Crippen molar-refractivity contribution in [1.82, 2.24) is 10.4 Å². The summed E-state index contributed by atoms with van der Waals surface area (Å²) in [5.41, 5.74) is 4.79. The molecule has 2 N–H and O–H groups in total. The normalized spacial score (nSPS) is 13.7. The minimum atomic E-state index is -0.691. The van der Waals surface area contributed by atoms with Crippen molar-refractivity contribution in [2.24, 2.45) is 0 Å². The first kappa shape index (κ1) is 16.7. The summed E-state index contributed by atoms with van der Waals surface area (Å²) in [5.74, 6) is 5.41. The number of hydrogen-bond acceptors (Lipinski definition) is 3. The maximum Gasteiger partial charge on any atom is 0.266 e. The van der Waals surface area contributed by atoms with Gasteiger partial charge < -0.3 is 4.90 Å². The molecule has 5 nitrogen and oxygen atoms in total. The number of hydroxylamine groups is 1. The molecular formula is C20H18N2O3. The van der Waals surface area contributed by atoms with E-state index < -0.39 is 11.9 Å². The third-order valence-corrected chi connectivity index (χ3v) is 4.24. The first-order chi connectivity index (χ1) is 12.1. The Hall–Kier alpha value is -3.10. The second kappa shape index (κ2) is 7.20. The van der Waals surface area contributed by atoms with Gasteiger partial charge in [-0.3, -0.25) is 14.8 Å². The van der Waals surface area contributed by atoms with Gasteiger partial charge in [0.2, 0.25) is 0 Å². The lowest BCUT2D eigenvalue weighted by atomic mass is 10.1. The molecule has 0 unspecified atom stereocenters. The Morgan fingerprint density at radius 2 is 1.92 bits per heavy atom. The molecule has 1 heterocycles. The summed E-state index contributed by atoms with van der Waals surface area (Å²) in [6.45, 7) is 2.13. The highest BCUT2D eigenvalue weighted by molar-refractivity contribution is 6.01. The third kappa shape index (κ3) is 3.39. The van der Waals surface area contributed by atoms with Crippen LogP contribution in [0, 0.1) is 11.8 Å². The van der Waals surface area contributed by atoms with Gasteiger partial charge in [-0.25, -0.2) is 5.48 Å². The average molecular weight is 334 g/mol. The number of fused-ring (bicyclic) bond motifs is 1. The monoisotopic (exact) mass is 334 g/mol. The molecule has 0 saturated carbocycles. The van der Waals surface area contributed by atoms with E-state index >= 15 is 0 Å². The van der Waals surface area contributed by atoms with E-state index in [0.29, 0.717) is 18.5 Å². The van der Waals surface area contributed by atoms with Gasteiger partial charge in [0.1, 0.15) is 6.04 Å². The highest BCUT2D eigenvalue weighted by atomic mass is 16.5. The van der Waals surface area contributed by atoms with Crippen molar-refractivity contribution in [3.05, 3.63) is 70.8 Å². The zero-order valence-electron chi connectivity index (χ0n) is 13.8. The Morgan fingerprint density at radius 3 is 2.60 bits per heavy atom. The van der Waals surface area contributed by atoms with E-state index in [4.69, 9.17) is 5.21 Å². The molecule has 1 atom stereocenters. The number of nitrogens with zero attached hydrogens (tertiary/aromatic N) is 1. The minimum Gasteiger partial charge on any atom is -0.322 e. The van der Waals surface area contributed by atoms with Gasteiger partial charge in [-0.2, -0.15) is 0 Å². The molecule has 0 spiro atoms. The third-order valence-electron chi connectivity index (χ3n) is 4.24. The molecule has 0 saturated heterocycles. The van der Waals surface area contributed by atoms with Crippen molar-refractivity contribution < 1.29 is 14.8 Å². The Balaban J connectivity index is 1.85. The molecule has 2 amide bonds. The highest BCUT2D eigenvalue weighted by Crippen LogP contribution is 2.26. The Labute approximate surface area is 146 Å². The van der Waals surface area contributed by atoms with Gasteiger partial charge in [-0.1, -0.05) is 37.0 Å². The SMILES string of the molecule is CC[C@@H](C(=O)NO)N1Cc2cc(C#Cc3ccccc3)ccc2C1=O. The van der Waals surface area contributed by atoms with Crippen molar-refractivity contribution in [1.29, 1.82) is 0 Å². The zero-order valence-corrected chi connectivity index (χ0v) is 13.8. The number of carbonyl (C=O) groups excluding carboxylic acids is 2. The number of nitrogens with one attached hydrogen (secondary N) is 1. The molecular weight excluding hydrogens is 316 g/mol. The summed E-state index contributed by atoms with van der Waals surface area (Å²) in [6.07, 6.45) is 0.423. The standard InChI is InChI=1S/C20H18N2O3/c1-2-18(19(23)21-25)22-13-16-12-15(10-11-17(16)20(22)24)9-8-14-6-4-3-5-7-14/h3-7,10-12,18,25H,2,13H2,1H3,(H,21,23)/t18-/m0/s1. The lowest BCUT2D eigenvalue weighted by Crippen LogP contribution is -2.45. The van der Waals surface area contributed by atoms with Crippen LogP contribution in [0.5, 0.6) is 0 Å². The van der Waals surface area contributed by atoms with E-state index in [0.717, 1.165) is 16.7 Å². The van der Waals surface area contributed by atoms with Gasteiger partial charge in [0.25, 0.3) is 11.8 Å². The van der Waals surface area contributed by atoms with Crippen molar-refractivity contribution in [2.45, 2.75) is 25.9 Å². The van der Waals surface area contributed by atoms with Crippen LogP contribution in [0.25, 0.3) is 0 Å². The maximum atomic E-state index is 12.5. The van der Waals surface area contributed by atoms with Gasteiger partial charge in [0, 0.05) is 23.2 Å². The average Bonchev–Trinajstić information content (AvgIpc) is 2.97. The second-order valence-corrected chi connectivity index (χ2v) is 5.82. The number of rotatable bonds is 3. The van der Waals surface area contributed by atoms with Gasteiger partial charge in [-0.05, 0) is 42.3 Å². The van der Waals surface area contributed by atoms with E-state index in [2.05, 4.69) is 11.8 Å². The molecule has 0 radical (unpaired) electrons. The summed E-state index contributed by atoms with van der Waals surface area (Å²) in [6, 6.07) is 14.4. The smallest absolute Gasteiger partial charge is 0.266 e. The molecule has 2 aromatic rings. The maximum absolute atomic E-state index is 12.5. The van der Waals surface area contributed by atoms with E-state index in [1.54, 1.807) is 18.5 Å². The van der Waals surface area contributed by atoms with Crippen LogP contribution in [-0.2, 0) is 11.3 Å². The Bertz CT molecular complexity index is 866. The molecule has 5 heteroatoms. The fraction of sp³-hybridized carbons (Fsp3) is 0.200. The molecule has 3 rings (SSSR count). The van der Waals surface area contributed by atoms with E-state index in [9.17, 15) is 9.59 Å². The fourth-order valence-corrected chi connectivity index (χ4v) is 2.96. The van der Waals surface area contributed by atoms with Crippen LogP contribution in [-0.4, -0.2) is 28.0 Å². The Morgan fingerprint density at radius 1 is 1.20 bits per heavy atom. The van der Waals surface area contributed by atoms with E-state index in [1.165, 1.54) is 4.90 Å². The van der Waals surface area contributed by atoms with Crippen LogP contribution in [0.2, 0.25) is 0 Å². The molecule has 25 heavy (non-hydrogen) atoms. The lowest BCUT2D eigenvalue weighted by molar-refractivity contribution is -0.134. The number of amides is 2. The summed E-state index contributed by atoms with van der Waals surface area (Å²) in [7, 11) is 0. The quantitative estimate of drug-likeness (QED) is 0.514. The molecule has 2 aromatic carbocycles. The van der Waals surface area contributed by atoms with Gasteiger partial charge in [0.15, 0.2) is 0 Å². The number of hydrogen-bond donors (Lipinski definition) is 2. The number of benzene rings is 2. The van der Waals surface area contributed by atoms with Crippen LogP contribution >= 0.6 is 0 Å². The first-order valence-corrected chi connectivity index (χ1v) is 8.09. The van der Waals surface area contributed by atoms with Crippen LogP contribution < -0.4 is 5.48 Å².